The maximum absolute atomic E-state index is 12.8. The quantitative estimate of drug-likeness (QED) is 0.799. The maximum atomic E-state index is 12.8. The van der Waals surface area contributed by atoms with Crippen LogP contribution in [-0.2, 0) is 29.1 Å². The molecule has 1 aromatic carbocycles. The smallest absolute Gasteiger partial charge is 0.227 e. The van der Waals surface area contributed by atoms with Crippen LogP contribution < -0.4 is 0 Å². The summed E-state index contributed by atoms with van der Waals surface area (Å²) in [5.41, 5.74) is 3.51. The fourth-order valence-electron chi connectivity index (χ4n) is 4.37. The zero-order chi connectivity index (χ0) is 20.5. The number of fused-ring (bicyclic) bond motifs is 1. The number of carbonyl (C=O) groups is 2. The van der Waals surface area contributed by atoms with Gasteiger partial charge < -0.3 is 14.4 Å². The van der Waals surface area contributed by atoms with E-state index in [0.29, 0.717) is 32.6 Å². The molecule has 4 rings (SSSR count). The topological polar surface area (TPSA) is 71.3 Å². The first kappa shape index (κ1) is 19.6. The van der Waals surface area contributed by atoms with Gasteiger partial charge in [-0.1, -0.05) is 18.2 Å². The number of rotatable bonds is 3. The van der Waals surface area contributed by atoms with E-state index in [9.17, 15) is 9.59 Å². The zero-order valence-corrected chi connectivity index (χ0v) is 17.5. The van der Waals surface area contributed by atoms with E-state index in [0.717, 1.165) is 36.6 Å². The van der Waals surface area contributed by atoms with Crippen molar-refractivity contribution in [2.45, 2.75) is 59.0 Å². The number of hydrogen-bond acceptors (Lipinski definition) is 4. The van der Waals surface area contributed by atoms with Gasteiger partial charge in [0.25, 0.3) is 0 Å². The molecule has 7 nitrogen and oxygen atoms in total. The van der Waals surface area contributed by atoms with E-state index < -0.39 is 0 Å². The Hall–Kier alpha value is -2.70. The van der Waals surface area contributed by atoms with Crippen LogP contribution in [0.1, 0.15) is 54.0 Å². The van der Waals surface area contributed by atoms with E-state index in [2.05, 4.69) is 40.7 Å². The largest absolute Gasteiger partial charge is 0.342 e. The molecule has 0 saturated carbocycles. The second-order valence-electron chi connectivity index (χ2n) is 8.34. The third-order valence-corrected chi connectivity index (χ3v) is 6.29. The molecule has 1 atom stereocenters. The van der Waals surface area contributed by atoms with Gasteiger partial charge in [-0.2, -0.15) is 0 Å². The van der Waals surface area contributed by atoms with Gasteiger partial charge in [0.1, 0.15) is 5.82 Å². The Kier molecular flexibility index (Phi) is 5.39. The fourth-order valence-corrected chi connectivity index (χ4v) is 4.37. The number of aromatic nitrogens is 3. The molecule has 3 heterocycles. The first-order chi connectivity index (χ1) is 13.9. The molecule has 1 aromatic heterocycles. The molecule has 2 aromatic rings. The van der Waals surface area contributed by atoms with Crippen LogP contribution in [-0.4, -0.2) is 56.0 Å². The first-order valence-electron chi connectivity index (χ1n) is 10.4. The molecule has 0 N–H and O–H groups in total. The monoisotopic (exact) mass is 395 g/mol. The van der Waals surface area contributed by atoms with E-state index in [1.807, 2.05) is 15.9 Å². The molecule has 0 bridgehead atoms. The lowest BCUT2D eigenvalue weighted by molar-refractivity contribution is -0.132. The summed E-state index contributed by atoms with van der Waals surface area (Å²) in [5.74, 6) is 2.29. The predicted octanol–water partition coefficient (Wildman–Crippen LogP) is 2.21. The van der Waals surface area contributed by atoms with Crippen molar-refractivity contribution in [2.24, 2.45) is 0 Å². The highest BCUT2D eigenvalue weighted by Gasteiger charge is 2.30. The minimum absolute atomic E-state index is 0.121. The van der Waals surface area contributed by atoms with E-state index in [1.54, 1.807) is 6.92 Å². The van der Waals surface area contributed by atoms with Crippen molar-refractivity contribution in [2.75, 3.05) is 19.6 Å². The Morgan fingerprint density at radius 2 is 1.90 bits per heavy atom. The van der Waals surface area contributed by atoms with Gasteiger partial charge in [0.2, 0.25) is 11.8 Å². The Labute approximate surface area is 171 Å². The predicted molar refractivity (Wildman–Crippen MR) is 109 cm³/mol. The summed E-state index contributed by atoms with van der Waals surface area (Å²) in [5, 5.41) is 8.83. The van der Waals surface area contributed by atoms with E-state index in [-0.39, 0.29) is 17.7 Å². The SMILES string of the molecule is CC(=O)N1CCC[C@@H](c2nnc3n2CCN(C(=O)Cc2ccc(C)c(C)c2)C3)C1. The summed E-state index contributed by atoms with van der Waals surface area (Å²) in [6.07, 6.45) is 2.43. The summed E-state index contributed by atoms with van der Waals surface area (Å²) >= 11 is 0. The van der Waals surface area contributed by atoms with Crippen molar-refractivity contribution in [3.8, 4) is 0 Å². The summed E-state index contributed by atoms with van der Waals surface area (Å²) in [4.78, 5) is 28.4. The molecule has 7 heteroatoms. The second-order valence-corrected chi connectivity index (χ2v) is 8.34. The lowest BCUT2D eigenvalue weighted by atomic mass is 9.97. The molecule has 1 fully saturated rings. The molecule has 0 aliphatic carbocycles. The molecular formula is C22H29N5O2. The van der Waals surface area contributed by atoms with Crippen molar-refractivity contribution >= 4 is 11.8 Å². The average Bonchev–Trinajstić information content (AvgIpc) is 3.14. The van der Waals surface area contributed by atoms with Crippen LogP contribution in [0.4, 0.5) is 0 Å². The number of nitrogens with zero attached hydrogens (tertiary/aromatic N) is 5. The van der Waals surface area contributed by atoms with Crippen LogP contribution >= 0.6 is 0 Å². The molecule has 2 amide bonds. The Morgan fingerprint density at radius 3 is 2.66 bits per heavy atom. The number of hydrogen-bond donors (Lipinski definition) is 0. The van der Waals surface area contributed by atoms with Crippen LogP contribution in [0.25, 0.3) is 0 Å². The highest BCUT2D eigenvalue weighted by Crippen LogP contribution is 2.27. The molecule has 0 radical (unpaired) electrons. The molecule has 154 valence electrons. The molecular weight excluding hydrogens is 366 g/mol. The van der Waals surface area contributed by atoms with Gasteiger partial charge in [0, 0.05) is 39.0 Å². The van der Waals surface area contributed by atoms with Crippen molar-refractivity contribution in [3.63, 3.8) is 0 Å². The number of carbonyl (C=O) groups excluding carboxylic acids is 2. The summed E-state index contributed by atoms with van der Waals surface area (Å²) in [6.45, 7) is 9.21. The van der Waals surface area contributed by atoms with Gasteiger partial charge >= 0.3 is 0 Å². The highest BCUT2D eigenvalue weighted by atomic mass is 16.2. The third-order valence-electron chi connectivity index (χ3n) is 6.29. The zero-order valence-electron chi connectivity index (χ0n) is 17.5. The van der Waals surface area contributed by atoms with Crippen LogP contribution in [0.15, 0.2) is 18.2 Å². The Bertz CT molecular complexity index is 935. The molecule has 1 saturated heterocycles. The maximum Gasteiger partial charge on any atom is 0.227 e. The van der Waals surface area contributed by atoms with Gasteiger partial charge in [0.15, 0.2) is 5.82 Å². The normalized spacial score (nSPS) is 19.2. The van der Waals surface area contributed by atoms with Gasteiger partial charge in [-0.15, -0.1) is 10.2 Å². The first-order valence-corrected chi connectivity index (χ1v) is 10.4. The van der Waals surface area contributed by atoms with Crippen molar-refractivity contribution in [3.05, 3.63) is 46.5 Å². The number of benzene rings is 1. The summed E-state index contributed by atoms with van der Waals surface area (Å²) in [7, 11) is 0. The third kappa shape index (κ3) is 4.04. The second kappa shape index (κ2) is 7.97. The Balaban J connectivity index is 1.43. The van der Waals surface area contributed by atoms with Crippen LogP contribution in [0.2, 0.25) is 0 Å². The molecule has 0 unspecified atom stereocenters. The van der Waals surface area contributed by atoms with Crippen molar-refractivity contribution in [1.82, 2.24) is 24.6 Å². The lowest BCUT2D eigenvalue weighted by Gasteiger charge is -2.33. The van der Waals surface area contributed by atoms with Gasteiger partial charge in [0.05, 0.1) is 13.0 Å². The lowest BCUT2D eigenvalue weighted by Crippen LogP contribution is -2.41. The number of aryl methyl sites for hydroxylation is 2. The van der Waals surface area contributed by atoms with E-state index in [4.69, 9.17) is 0 Å². The van der Waals surface area contributed by atoms with E-state index >= 15 is 0 Å². The Morgan fingerprint density at radius 1 is 1.07 bits per heavy atom. The average molecular weight is 396 g/mol. The van der Waals surface area contributed by atoms with Gasteiger partial charge in [-0.3, -0.25) is 9.59 Å². The van der Waals surface area contributed by atoms with Crippen molar-refractivity contribution in [1.29, 1.82) is 0 Å². The number of piperidine rings is 1. The standard InChI is InChI=1S/C22H29N5O2/c1-15-6-7-18(11-16(15)2)12-21(29)26-9-10-27-20(14-26)23-24-22(27)19-5-4-8-25(13-19)17(3)28/h6-7,11,19H,4-5,8-10,12-14H2,1-3H3/t19-/m1/s1. The van der Waals surface area contributed by atoms with Gasteiger partial charge in [-0.25, -0.2) is 0 Å². The number of amides is 2. The molecule has 2 aliphatic heterocycles. The molecule has 0 spiro atoms. The molecule has 29 heavy (non-hydrogen) atoms. The van der Waals surface area contributed by atoms with Crippen molar-refractivity contribution < 1.29 is 9.59 Å². The van der Waals surface area contributed by atoms with Crippen LogP contribution in [0.5, 0.6) is 0 Å². The fraction of sp³-hybridized carbons (Fsp3) is 0.545. The minimum Gasteiger partial charge on any atom is -0.342 e. The molecule has 2 aliphatic rings. The van der Waals surface area contributed by atoms with E-state index in [1.165, 1.54) is 11.1 Å². The summed E-state index contributed by atoms with van der Waals surface area (Å²) < 4.78 is 2.16. The van der Waals surface area contributed by atoms with Crippen LogP contribution in [0.3, 0.4) is 0 Å². The minimum atomic E-state index is 0.121. The van der Waals surface area contributed by atoms with Crippen LogP contribution in [0, 0.1) is 13.8 Å². The van der Waals surface area contributed by atoms with Gasteiger partial charge in [-0.05, 0) is 43.4 Å². The summed E-state index contributed by atoms with van der Waals surface area (Å²) in [6, 6.07) is 6.21. The highest BCUT2D eigenvalue weighted by molar-refractivity contribution is 5.79. The number of likely N-dealkylation sites (tertiary alicyclic amines) is 1.